The van der Waals surface area contributed by atoms with Crippen LogP contribution in [0.2, 0.25) is 0 Å². The molecule has 3 aromatic rings. The number of nitriles is 1. The third-order valence-electron chi connectivity index (χ3n) is 4.94. The first kappa shape index (κ1) is 22.6. The smallest absolute Gasteiger partial charge is 0.266 e. The number of aromatic nitrogens is 1. The standard InChI is InChI=1S/C25H24IN3O2/c1-5-31-23-8-6-7-21(14-23)28-25(30)20(15-27)13-19-12-17(3)29(18(19)4)22-9-10-24(26)16(2)11-22/h6-14H,5H2,1-4H3,(H,28,30)/b20-13-. The van der Waals surface area contributed by atoms with Crippen LogP contribution >= 0.6 is 22.6 Å². The largest absolute Gasteiger partial charge is 0.494 e. The average molecular weight is 525 g/mol. The molecule has 0 saturated carbocycles. The van der Waals surface area contributed by atoms with Crippen molar-refractivity contribution < 1.29 is 9.53 Å². The maximum absolute atomic E-state index is 12.7. The van der Waals surface area contributed by atoms with Crippen molar-refractivity contribution >= 4 is 40.3 Å². The van der Waals surface area contributed by atoms with Gasteiger partial charge in [0.2, 0.25) is 0 Å². The first-order valence-electron chi connectivity index (χ1n) is 9.95. The number of anilines is 1. The van der Waals surface area contributed by atoms with Crippen molar-refractivity contribution in [3.8, 4) is 17.5 Å². The number of benzene rings is 2. The minimum atomic E-state index is -0.453. The van der Waals surface area contributed by atoms with Gasteiger partial charge in [-0.05, 0) is 104 Å². The van der Waals surface area contributed by atoms with Crippen molar-refractivity contribution in [1.29, 1.82) is 5.26 Å². The number of ether oxygens (including phenoxy) is 1. The summed E-state index contributed by atoms with van der Waals surface area (Å²) in [4.78, 5) is 12.7. The summed E-state index contributed by atoms with van der Waals surface area (Å²) in [6.07, 6.45) is 1.64. The van der Waals surface area contributed by atoms with Crippen molar-refractivity contribution in [1.82, 2.24) is 4.57 Å². The van der Waals surface area contributed by atoms with Crippen molar-refractivity contribution in [3.05, 3.63) is 80.2 Å². The Morgan fingerprint density at radius 3 is 2.65 bits per heavy atom. The quantitative estimate of drug-likeness (QED) is 0.246. The molecule has 1 amide bonds. The van der Waals surface area contributed by atoms with Crippen LogP contribution in [0, 0.1) is 35.7 Å². The van der Waals surface area contributed by atoms with E-state index >= 15 is 0 Å². The van der Waals surface area contributed by atoms with E-state index < -0.39 is 5.91 Å². The normalized spacial score (nSPS) is 11.2. The fourth-order valence-corrected chi connectivity index (χ4v) is 3.77. The lowest BCUT2D eigenvalue weighted by molar-refractivity contribution is -0.112. The second kappa shape index (κ2) is 9.84. The van der Waals surface area contributed by atoms with Crippen LogP contribution in [0.15, 0.2) is 54.1 Å². The molecule has 0 aliphatic rings. The third kappa shape index (κ3) is 5.17. The molecule has 0 unspecified atom stereocenters. The molecule has 0 bridgehead atoms. The highest BCUT2D eigenvalue weighted by Gasteiger charge is 2.14. The van der Waals surface area contributed by atoms with E-state index in [9.17, 15) is 10.1 Å². The molecule has 0 atom stereocenters. The average Bonchev–Trinajstić information content (AvgIpc) is 3.01. The molecule has 3 rings (SSSR count). The number of hydrogen-bond acceptors (Lipinski definition) is 3. The highest BCUT2D eigenvalue weighted by molar-refractivity contribution is 14.1. The van der Waals surface area contributed by atoms with E-state index in [2.05, 4.69) is 57.6 Å². The molecule has 0 saturated heterocycles. The number of hydrogen-bond donors (Lipinski definition) is 1. The zero-order chi connectivity index (χ0) is 22.5. The zero-order valence-corrected chi connectivity index (χ0v) is 20.1. The van der Waals surface area contributed by atoms with Gasteiger partial charge in [0.25, 0.3) is 5.91 Å². The second-order valence-electron chi connectivity index (χ2n) is 7.18. The lowest BCUT2D eigenvalue weighted by Crippen LogP contribution is -2.13. The zero-order valence-electron chi connectivity index (χ0n) is 18.0. The van der Waals surface area contributed by atoms with Crippen LogP contribution in [0.25, 0.3) is 11.8 Å². The molecule has 0 radical (unpaired) electrons. The highest BCUT2D eigenvalue weighted by Crippen LogP contribution is 2.25. The van der Waals surface area contributed by atoms with Crippen LogP contribution < -0.4 is 10.1 Å². The molecular weight excluding hydrogens is 501 g/mol. The molecule has 0 fully saturated rings. The summed E-state index contributed by atoms with van der Waals surface area (Å²) in [5, 5.41) is 12.4. The molecule has 0 spiro atoms. The van der Waals surface area contributed by atoms with Crippen LogP contribution in [0.5, 0.6) is 5.75 Å². The maximum Gasteiger partial charge on any atom is 0.266 e. The molecule has 1 heterocycles. The van der Waals surface area contributed by atoms with Crippen LogP contribution in [-0.2, 0) is 4.79 Å². The summed E-state index contributed by atoms with van der Waals surface area (Å²) in [5.41, 5.74) is 5.72. The lowest BCUT2D eigenvalue weighted by atomic mass is 10.1. The molecule has 158 valence electrons. The third-order valence-corrected chi connectivity index (χ3v) is 6.15. The topological polar surface area (TPSA) is 67.0 Å². The first-order valence-corrected chi connectivity index (χ1v) is 11.0. The molecule has 2 aromatic carbocycles. The van der Waals surface area contributed by atoms with Gasteiger partial charge in [-0.1, -0.05) is 6.07 Å². The summed E-state index contributed by atoms with van der Waals surface area (Å²) in [6.45, 7) is 8.53. The summed E-state index contributed by atoms with van der Waals surface area (Å²) >= 11 is 2.32. The molecular formula is C25H24IN3O2. The number of halogens is 1. The highest BCUT2D eigenvalue weighted by atomic mass is 127. The van der Waals surface area contributed by atoms with Gasteiger partial charge in [0.1, 0.15) is 17.4 Å². The number of amides is 1. The molecule has 1 aromatic heterocycles. The number of rotatable bonds is 6. The van der Waals surface area contributed by atoms with Gasteiger partial charge in [-0.15, -0.1) is 0 Å². The number of nitrogens with zero attached hydrogens (tertiary/aromatic N) is 2. The lowest BCUT2D eigenvalue weighted by Gasteiger charge is -2.11. The van der Waals surface area contributed by atoms with Gasteiger partial charge >= 0.3 is 0 Å². The van der Waals surface area contributed by atoms with Gasteiger partial charge in [-0.3, -0.25) is 4.79 Å². The summed E-state index contributed by atoms with van der Waals surface area (Å²) in [5.74, 6) is 0.213. The van der Waals surface area contributed by atoms with E-state index in [-0.39, 0.29) is 5.57 Å². The Labute approximate surface area is 196 Å². The van der Waals surface area contributed by atoms with E-state index in [4.69, 9.17) is 4.74 Å². The van der Waals surface area contributed by atoms with Gasteiger partial charge in [0.05, 0.1) is 6.61 Å². The first-order chi connectivity index (χ1) is 14.8. The minimum Gasteiger partial charge on any atom is -0.494 e. The molecule has 0 aliphatic carbocycles. The fraction of sp³-hybridized carbons (Fsp3) is 0.200. The van der Waals surface area contributed by atoms with E-state index in [1.54, 1.807) is 24.3 Å². The van der Waals surface area contributed by atoms with Gasteiger partial charge < -0.3 is 14.6 Å². The van der Waals surface area contributed by atoms with Crippen LogP contribution in [0.1, 0.15) is 29.4 Å². The van der Waals surface area contributed by atoms with Crippen molar-refractivity contribution in [2.24, 2.45) is 0 Å². The Bertz CT molecular complexity index is 1200. The van der Waals surface area contributed by atoms with E-state index in [1.165, 1.54) is 9.13 Å². The number of carbonyl (C=O) groups excluding carboxylic acids is 1. The molecule has 31 heavy (non-hydrogen) atoms. The Hall–Kier alpha value is -3.05. The van der Waals surface area contributed by atoms with E-state index in [1.807, 2.05) is 39.0 Å². The summed E-state index contributed by atoms with van der Waals surface area (Å²) < 4.78 is 8.81. The van der Waals surface area contributed by atoms with Gasteiger partial charge in [0.15, 0.2) is 0 Å². The van der Waals surface area contributed by atoms with Gasteiger partial charge in [-0.25, -0.2) is 0 Å². The van der Waals surface area contributed by atoms with Crippen LogP contribution in [-0.4, -0.2) is 17.1 Å². The van der Waals surface area contributed by atoms with Gasteiger partial charge in [0, 0.05) is 32.4 Å². The summed E-state index contributed by atoms with van der Waals surface area (Å²) in [7, 11) is 0. The molecule has 6 heteroatoms. The SMILES string of the molecule is CCOc1cccc(NC(=O)/C(C#N)=C\c2cc(C)n(-c3ccc(I)c(C)c3)c2C)c1. The van der Waals surface area contributed by atoms with E-state index in [0.29, 0.717) is 18.0 Å². The fourth-order valence-electron chi connectivity index (χ4n) is 3.43. The van der Waals surface area contributed by atoms with E-state index in [0.717, 1.165) is 22.6 Å². The Morgan fingerprint density at radius 2 is 1.97 bits per heavy atom. The maximum atomic E-state index is 12.7. The van der Waals surface area contributed by atoms with Crippen LogP contribution in [0.3, 0.4) is 0 Å². The predicted molar refractivity (Wildman–Crippen MR) is 133 cm³/mol. The van der Waals surface area contributed by atoms with Crippen molar-refractivity contribution in [2.75, 3.05) is 11.9 Å². The second-order valence-corrected chi connectivity index (χ2v) is 8.34. The Balaban J connectivity index is 1.90. The Kier molecular flexibility index (Phi) is 7.18. The summed E-state index contributed by atoms with van der Waals surface area (Å²) in [6, 6.07) is 17.4. The predicted octanol–water partition coefficient (Wildman–Crippen LogP) is 5.95. The van der Waals surface area contributed by atoms with Crippen molar-refractivity contribution in [2.45, 2.75) is 27.7 Å². The Morgan fingerprint density at radius 1 is 1.19 bits per heavy atom. The molecule has 5 nitrogen and oxygen atoms in total. The monoisotopic (exact) mass is 525 g/mol. The number of carbonyl (C=O) groups is 1. The van der Waals surface area contributed by atoms with Gasteiger partial charge in [-0.2, -0.15) is 5.26 Å². The molecule has 0 aliphatic heterocycles. The van der Waals surface area contributed by atoms with Crippen LogP contribution in [0.4, 0.5) is 5.69 Å². The molecule has 1 N–H and O–H groups in total. The minimum absolute atomic E-state index is 0.0425. The number of aryl methyl sites for hydroxylation is 2. The van der Waals surface area contributed by atoms with Crippen molar-refractivity contribution in [3.63, 3.8) is 0 Å². The number of nitrogens with one attached hydrogen (secondary N) is 1.